The molecule has 0 saturated carbocycles. The molecule has 0 aromatic rings. The standard InChI is InChI=1S/C18H34N4O3.HI/c1-4-19-18(20-7-13-24-14-15(2)3)22-10-8-21(9-11-22)17(23)16-6-5-12-25-16;/h15-16H,4-14H2,1-3H3,(H,19,20);1H. The van der Waals surface area contributed by atoms with E-state index in [0.29, 0.717) is 25.7 Å². The largest absolute Gasteiger partial charge is 0.379 e. The number of rotatable bonds is 7. The number of halogens is 1. The summed E-state index contributed by atoms with van der Waals surface area (Å²) in [6.07, 6.45) is 1.64. The van der Waals surface area contributed by atoms with Crippen LogP contribution < -0.4 is 5.32 Å². The van der Waals surface area contributed by atoms with Gasteiger partial charge < -0.3 is 24.6 Å². The monoisotopic (exact) mass is 482 g/mol. The van der Waals surface area contributed by atoms with E-state index in [1.165, 1.54) is 0 Å². The van der Waals surface area contributed by atoms with Gasteiger partial charge in [0.1, 0.15) is 6.10 Å². The van der Waals surface area contributed by atoms with Crippen LogP contribution >= 0.6 is 24.0 Å². The average molecular weight is 482 g/mol. The summed E-state index contributed by atoms with van der Waals surface area (Å²) < 4.78 is 11.1. The third-order valence-electron chi connectivity index (χ3n) is 4.38. The fourth-order valence-corrected chi connectivity index (χ4v) is 3.08. The first kappa shape index (κ1) is 23.4. The van der Waals surface area contributed by atoms with Gasteiger partial charge in [0.25, 0.3) is 5.91 Å². The molecule has 0 aliphatic carbocycles. The van der Waals surface area contributed by atoms with Crippen molar-refractivity contribution in [2.75, 3.05) is 59.1 Å². The second-order valence-corrected chi connectivity index (χ2v) is 7.02. The van der Waals surface area contributed by atoms with Crippen LogP contribution in [0.4, 0.5) is 0 Å². The van der Waals surface area contributed by atoms with Gasteiger partial charge in [0, 0.05) is 45.9 Å². The molecule has 2 heterocycles. The number of piperazine rings is 1. The number of amides is 1. The van der Waals surface area contributed by atoms with Crippen molar-refractivity contribution in [2.45, 2.75) is 39.7 Å². The van der Waals surface area contributed by atoms with Crippen LogP contribution in [0.1, 0.15) is 33.6 Å². The van der Waals surface area contributed by atoms with Crippen molar-refractivity contribution in [3.8, 4) is 0 Å². The van der Waals surface area contributed by atoms with Crippen molar-refractivity contribution in [3.05, 3.63) is 0 Å². The van der Waals surface area contributed by atoms with Gasteiger partial charge in [-0.1, -0.05) is 13.8 Å². The van der Waals surface area contributed by atoms with E-state index in [4.69, 9.17) is 9.47 Å². The van der Waals surface area contributed by atoms with Crippen LogP contribution in [0.25, 0.3) is 0 Å². The van der Waals surface area contributed by atoms with E-state index in [2.05, 4.69) is 36.0 Å². The molecule has 0 radical (unpaired) electrons. The summed E-state index contributed by atoms with van der Waals surface area (Å²) in [5.41, 5.74) is 0. The number of aliphatic imine (C=N–C) groups is 1. The fraction of sp³-hybridized carbons (Fsp3) is 0.889. The van der Waals surface area contributed by atoms with E-state index in [9.17, 15) is 4.79 Å². The maximum Gasteiger partial charge on any atom is 0.251 e. The molecule has 0 aromatic heterocycles. The Morgan fingerprint density at radius 2 is 1.96 bits per heavy atom. The lowest BCUT2D eigenvalue weighted by molar-refractivity contribution is -0.142. The fourth-order valence-electron chi connectivity index (χ4n) is 3.08. The SMILES string of the molecule is CCNC(=NCCOCC(C)C)N1CCN(C(=O)C2CCCO2)CC1.I. The number of carbonyl (C=O) groups is 1. The van der Waals surface area contributed by atoms with E-state index in [-0.39, 0.29) is 36.0 Å². The lowest BCUT2D eigenvalue weighted by Gasteiger charge is -2.37. The number of carbonyl (C=O) groups excluding carboxylic acids is 1. The summed E-state index contributed by atoms with van der Waals surface area (Å²) in [7, 11) is 0. The van der Waals surface area contributed by atoms with Crippen LogP contribution in [0.15, 0.2) is 4.99 Å². The molecule has 2 rings (SSSR count). The maximum absolute atomic E-state index is 12.4. The molecule has 2 aliphatic rings. The van der Waals surface area contributed by atoms with Crippen molar-refractivity contribution >= 4 is 35.8 Å². The Hall–Kier alpha value is -0.610. The molecule has 1 unspecified atom stereocenters. The second-order valence-electron chi connectivity index (χ2n) is 7.02. The molecule has 0 bridgehead atoms. The summed E-state index contributed by atoms with van der Waals surface area (Å²) in [5.74, 6) is 1.62. The van der Waals surface area contributed by atoms with Gasteiger partial charge in [-0.25, -0.2) is 0 Å². The first-order valence-corrected chi connectivity index (χ1v) is 9.63. The van der Waals surface area contributed by atoms with Crippen LogP contribution in [-0.4, -0.2) is 86.9 Å². The minimum absolute atomic E-state index is 0. The molecule has 1 amide bonds. The second kappa shape index (κ2) is 12.7. The van der Waals surface area contributed by atoms with Gasteiger partial charge in [-0.2, -0.15) is 0 Å². The average Bonchev–Trinajstić information content (AvgIpc) is 3.14. The molecule has 0 aromatic carbocycles. The summed E-state index contributed by atoms with van der Waals surface area (Å²) in [6, 6.07) is 0. The molecular formula is C18H35IN4O3. The molecule has 7 nitrogen and oxygen atoms in total. The first-order valence-electron chi connectivity index (χ1n) is 9.63. The lowest BCUT2D eigenvalue weighted by Crippen LogP contribution is -2.55. The van der Waals surface area contributed by atoms with Gasteiger partial charge in [0.2, 0.25) is 0 Å². The zero-order valence-corrected chi connectivity index (χ0v) is 18.7. The van der Waals surface area contributed by atoms with Crippen molar-refractivity contribution in [2.24, 2.45) is 10.9 Å². The van der Waals surface area contributed by atoms with Crippen molar-refractivity contribution < 1.29 is 14.3 Å². The highest BCUT2D eigenvalue weighted by atomic mass is 127. The van der Waals surface area contributed by atoms with Crippen LogP contribution in [-0.2, 0) is 14.3 Å². The van der Waals surface area contributed by atoms with Gasteiger partial charge in [-0.15, -0.1) is 24.0 Å². The van der Waals surface area contributed by atoms with Crippen LogP contribution in [0.2, 0.25) is 0 Å². The lowest BCUT2D eigenvalue weighted by atomic mass is 10.2. The predicted octanol–water partition coefficient (Wildman–Crippen LogP) is 1.57. The number of ether oxygens (including phenoxy) is 2. The third-order valence-corrected chi connectivity index (χ3v) is 4.38. The summed E-state index contributed by atoms with van der Waals surface area (Å²) in [4.78, 5) is 21.2. The molecule has 2 saturated heterocycles. The molecule has 26 heavy (non-hydrogen) atoms. The first-order chi connectivity index (χ1) is 12.1. The molecule has 2 fully saturated rings. The van der Waals surface area contributed by atoms with E-state index in [1.54, 1.807) is 0 Å². The topological polar surface area (TPSA) is 66.4 Å². The highest BCUT2D eigenvalue weighted by Gasteiger charge is 2.30. The van der Waals surface area contributed by atoms with Gasteiger partial charge in [0.15, 0.2) is 5.96 Å². The van der Waals surface area contributed by atoms with E-state index in [1.807, 2.05) is 4.90 Å². The normalized spacial score (nSPS) is 21.1. The Labute approximate surface area is 174 Å². The van der Waals surface area contributed by atoms with Gasteiger partial charge >= 0.3 is 0 Å². The number of nitrogens with zero attached hydrogens (tertiary/aromatic N) is 3. The van der Waals surface area contributed by atoms with Crippen molar-refractivity contribution in [3.63, 3.8) is 0 Å². The Morgan fingerprint density at radius 3 is 2.54 bits per heavy atom. The summed E-state index contributed by atoms with van der Waals surface area (Å²) in [5, 5.41) is 3.34. The zero-order valence-electron chi connectivity index (χ0n) is 16.4. The van der Waals surface area contributed by atoms with Gasteiger partial charge in [-0.05, 0) is 25.7 Å². The molecule has 1 atom stereocenters. The smallest absolute Gasteiger partial charge is 0.251 e. The van der Waals surface area contributed by atoms with E-state index in [0.717, 1.165) is 58.1 Å². The van der Waals surface area contributed by atoms with E-state index >= 15 is 0 Å². The molecule has 8 heteroatoms. The highest BCUT2D eigenvalue weighted by molar-refractivity contribution is 14.0. The number of guanidine groups is 1. The van der Waals surface area contributed by atoms with Crippen molar-refractivity contribution in [1.29, 1.82) is 0 Å². The number of nitrogens with one attached hydrogen (secondary N) is 1. The quantitative estimate of drug-likeness (QED) is 0.258. The predicted molar refractivity (Wildman–Crippen MR) is 114 cm³/mol. The maximum atomic E-state index is 12.4. The summed E-state index contributed by atoms with van der Waals surface area (Å²) in [6.45, 7) is 13.0. The van der Waals surface area contributed by atoms with E-state index < -0.39 is 0 Å². The molecule has 152 valence electrons. The minimum Gasteiger partial charge on any atom is -0.379 e. The van der Waals surface area contributed by atoms with Gasteiger partial charge in [-0.3, -0.25) is 9.79 Å². The van der Waals surface area contributed by atoms with Gasteiger partial charge in [0.05, 0.1) is 13.2 Å². The number of hydrogen-bond acceptors (Lipinski definition) is 4. The Balaban J connectivity index is 0.00000338. The Bertz CT molecular complexity index is 434. The summed E-state index contributed by atoms with van der Waals surface area (Å²) >= 11 is 0. The minimum atomic E-state index is -0.216. The molecule has 2 aliphatic heterocycles. The Morgan fingerprint density at radius 1 is 1.27 bits per heavy atom. The molecule has 1 N–H and O–H groups in total. The number of hydrogen-bond donors (Lipinski definition) is 1. The van der Waals surface area contributed by atoms with Crippen molar-refractivity contribution in [1.82, 2.24) is 15.1 Å². The van der Waals surface area contributed by atoms with Crippen LogP contribution in [0.5, 0.6) is 0 Å². The highest BCUT2D eigenvalue weighted by Crippen LogP contribution is 2.16. The Kier molecular flexibility index (Phi) is 11.5. The van der Waals surface area contributed by atoms with Crippen LogP contribution in [0, 0.1) is 5.92 Å². The third kappa shape index (κ3) is 7.56. The molecule has 0 spiro atoms. The molecular weight excluding hydrogens is 447 g/mol. The zero-order chi connectivity index (χ0) is 18.1. The van der Waals surface area contributed by atoms with Crippen LogP contribution in [0.3, 0.4) is 0 Å².